The molecule has 0 bridgehead atoms. The molecular formula is C30H34FN9O4S. The predicted molar refractivity (Wildman–Crippen MR) is 169 cm³/mol. The molecule has 13 nitrogen and oxygen atoms in total. The van der Waals surface area contributed by atoms with Gasteiger partial charge in [-0.3, -0.25) is 24.0 Å². The highest BCUT2D eigenvalue weighted by molar-refractivity contribution is 7.17. The molecule has 4 aromatic heterocycles. The zero-order valence-electron chi connectivity index (χ0n) is 24.8. The van der Waals surface area contributed by atoms with Gasteiger partial charge in [-0.25, -0.2) is 4.39 Å². The first-order valence-electron chi connectivity index (χ1n) is 14.9. The van der Waals surface area contributed by atoms with Crippen LogP contribution >= 0.6 is 11.3 Å². The summed E-state index contributed by atoms with van der Waals surface area (Å²) >= 11 is 1.12. The normalized spacial score (nSPS) is 16.2. The van der Waals surface area contributed by atoms with Crippen molar-refractivity contribution in [1.82, 2.24) is 34.3 Å². The third-order valence-corrected chi connectivity index (χ3v) is 9.57. The van der Waals surface area contributed by atoms with E-state index in [9.17, 15) is 9.59 Å². The largest absolute Gasteiger partial charge is 0.463 e. The summed E-state index contributed by atoms with van der Waals surface area (Å²) in [6.07, 6.45) is 1.58. The molecule has 2 saturated heterocycles. The fourth-order valence-corrected chi connectivity index (χ4v) is 6.72. The van der Waals surface area contributed by atoms with E-state index in [4.69, 9.17) is 14.9 Å². The molecule has 0 spiro atoms. The molecule has 7 rings (SSSR count). The summed E-state index contributed by atoms with van der Waals surface area (Å²) in [4.78, 5) is 36.4. The van der Waals surface area contributed by atoms with Gasteiger partial charge < -0.3 is 25.1 Å². The molecule has 6 heterocycles. The highest BCUT2D eigenvalue weighted by atomic mass is 32.1. The average Bonchev–Trinajstić information content (AvgIpc) is 3.75. The van der Waals surface area contributed by atoms with E-state index in [1.165, 1.54) is 10.6 Å². The van der Waals surface area contributed by atoms with Crippen molar-refractivity contribution in [3.8, 4) is 11.5 Å². The number of hydrogen-bond donors (Lipinski definition) is 2. The molecule has 5 aromatic rings. The quantitative estimate of drug-likeness (QED) is 0.234. The van der Waals surface area contributed by atoms with Crippen LogP contribution in [0, 0.1) is 5.82 Å². The van der Waals surface area contributed by atoms with Crippen molar-refractivity contribution in [3.05, 3.63) is 63.7 Å². The van der Waals surface area contributed by atoms with Crippen LogP contribution in [-0.4, -0.2) is 107 Å². The maximum Gasteiger partial charge on any atom is 0.309 e. The van der Waals surface area contributed by atoms with Gasteiger partial charge in [0.1, 0.15) is 16.2 Å². The van der Waals surface area contributed by atoms with Crippen molar-refractivity contribution in [2.24, 2.45) is 0 Å². The van der Waals surface area contributed by atoms with Crippen molar-refractivity contribution in [2.45, 2.75) is 12.6 Å². The SMILES string of the molecule is CN(CCNC(=O)c1ccc(N2CCN(CCn3c(=O)sc4c3nc(N)n3nc(-c5ccco5)cc43)CC2)c(F)c1)C1COC1. The van der Waals surface area contributed by atoms with E-state index in [2.05, 4.69) is 25.2 Å². The lowest BCUT2D eigenvalue weighted by atomic mass is 10.1. The number of anilines is 2. The second-order valence-corrected chi connectivity index (χ2v) is 12.3. The van der Waals surface area contributed by atoms with Crippen LogP contribution in [0.15, 0.2) is 51.9 Å². The molecule has 0 atom stereocenters. The first-order chi connectivity index (χ1) is 21.9. The van der Waals surface area contributed by atoms with Crippen molar-refractivity contribution in [3.63, 3.8) is 0 Å². The zero-order chi connectivity index (χ0) is 31.1. The summed E-state index contributed by atoms with van der Waals surface area (Å²) < 4.78 is 29.7. The number of likely N-dealkylation sites (N-methyl/N-ethyl adjacent to an activating group) is 1. The maximum absolute atomic E-state index is 15.1. The first kappa shape index (κ1) is 29.4. The molecule has 1 aromatic carbocycles. The predicted octanol–water partition coefficient (Wildman–Crippen LogP) is 1.97. The van der Waals surface area contributed by atoms with Gasteiger partial charge in [-0.15, -0.1) is 0 Å². The number of aromatic nitrogens is 4. The Labute approximate surface area is 261 Å². The third-order valence-electron chi connectivity index (χ3n) is 8.58. The van der Waals surface area contributed by atoms with E-state index >= 15 is 4.39 Å². The third kappa shape index (κ3) is 5.79. The molecule has 0 aliphatic carbocycles. The Morgan fingerprint density at radius 2 is 2.00 bits per heavy atom. The van der Waals surface area contributed by atoms with Crippen molar-refractivity contribution < 1.29 is 18.3 Å². The number of ether oxygens (including phenoxy) is 1. The fraction of sp³-hybridized carbons (Fsp3) is 0.400. The Hall–Kier alpha value is -4.31. The molecule has 1 amide bonds. The van der Waals surface area contributed by atoms with Gasteiger partial charge in [-0.1, -0.05) is 11.3 Å². The molecular weight excluding hydrogens is 601 g/mol. The number of piperazine rings is 1. The summed E-state index contributed by atoms with van der Waals surface area (Å²) in [6.45, 7) is 6.34. The number of rotatable bonds is 10. The number of fused-ring (bicyclic) bond motifs is 3. The van der Waals surface area contributed by atoms with Crippen molar-refractivity contribution in [2.75, 3.05) is 76.7 Å². The number of nitrogens with one attached hydrogen (secondary N) is 1. The monoisotopic (exact) mass is 635 g/mol. The lowest BCUT2D eigenvalue weighted by Crippen LogP contribution is -2.49. The molecule has 2 fully saturated rings. The Kier molecular flexibility index (Phi) is 7.99. The molecule has 2 aliphatic rings. The summed E-state index contributed by atoms with van der Waals surface area (Å²) in [7, 11) is 2.00. The highest BCUT2D eigenvalue weighted by Gasteiger charge is 2.24. The van der Waals surface area contributed by atoms with Crippen LogP contribution in [0.5, 0.6) is 0 Å². The number of nitrogens with two attached hydrogens (primary N) is 1. The molecule has 45 heavy (non-hydrogen) atoms. The highest BCUT2D eigenvalue weighted by Crippen LogP contribution is 2.28. The maximum atomic E-state index is 15.1. The van der Waals surface area contributed by atoms with Crippen molar-refractivity contribution >= 4 is 44.7 Å². The Bertz CT molecular complexity index is 1890. The van der Waals surface area contributed by atoms with Gasteiger partial charge in [-0.2, -0.15) is 14.6 Å². The van der Waals surface area contributed by atoms with Gasteiger partial charge in [0.2, 0.25) is 5.95 Å². The van der Waals surface area contributed by atoms with Gasteiger partial charge in [-0.05, 0) is 43.4 Å². The number of amides is 1. The van der Waals surface area contributed by atoms with Gasteiger partial charge in [0.05, 0.1) is 36.7 Å². The molecule has 2 aliphatic heterocycles. The van der Waals surface area contributed by atoms with E-state index in [1.54, 1.807) is 29.0 Å². The van der Waals surface area contributed by atoms with E-state index in [0.29, 0.717) is 97.0 Å². The summed E-state index contributed by atoms with van der Waals surface area (Å²) in [5.74, 6) is 0.0881. The zero-order valence-corrected chi connectivity index (χ0v) is 25.6. The number of furan rings is 1. The van der Waals surface area contributed by atoms with Crippen LogP contribution in [0.25, 0.3) is 27.3 Å². The van der Waals surface area contributed by atoms with E-state index < -0.39 is 5.82 Å². The topological polar surface area (TPSA) is 139 Å². The molecule has 236 valence electrons. The minimum atomic E-state index is -0.416. The molecule has 0 unspecified atom stereocenters. The van der Waals surface area contributed by atoms with Crippen LogP contribution in [0.4, 0.5) is 16.0 Å². The number of halogens is 1. The minimum Gasteiger partial charge on any atom is -0.463 e. The minimum absolute atomic E-state index is 0.115. The standard InChI is InChI=1S/C30H34FN9O4S/c1-36(20-17-43-18-20)7-6-33-28(41)19-4-5-23(21(31)15-19)38-11-8-37(9-12-38)10-13-39-27-26(45-30(39)42)24-16-22(25-3-2-14-44-25)35-40(24)29(32)34-27/h2-5,14-16,20H,6-13,17-18H2,1H3,(H2,32,34)(H,33,41). The van der Waals surface area contributed by atoms with Gasteiger partial charge >= 0.3 is 4.87 Å². The number of hydrogen-bond acceptors (Lipinski definition) is 11. The molecule has 3 N–H and O–H groups in total. The lowest BCUT2D eigenvalue weighted by molar-refractivity contribution is -0.0552. The second kappa shape index (κ2) is 12.2. The smallest absolute Gasteiger partial charge is 0.309 e. The van der Waals surface area contributed by atoms with Crippen molar-refractivity contribution in [1.29, 1.82) is 0 Å². The molecule has 0 radical (unpaired) electrons. The van der Waals surface area contributed by atoms with Crippen LogP contribution < -0.4 is 20.8 Å². The first-order valence-corrected chi connectivity index (χ1v) is 15.7. The van der Waals surface area contributed by atoms with Gasteiger partial charge in [0.15, 0.2) is 11.4 Å². The Morgan fingerprint density at radius 1 is 1.18 bits per heavy atom. The van der Waals surface area contributed by atoms with Crippen LogP contribution in [0.2, 0.25) is 0 Å². The van der Waals surface area contributed by atoms with Crippen LogP contribution in [0.3, 0.4) is 0 Å². The molecule has 15 heteroatoms. The number of carbonyl (C=O) groups excluding carboxylic acids is 1. The number of nitrogens with zero attached hydrogens (tertiary/aromatic N) is 7. The summed E-state index contributed by atoms with van der Waals surface area (Å²) in [5, 5.41) is 7.38. The average molecular weight is 636 g/mol. The van der Waals surface area contributed by atoms with E-state index in [1.807, 2.05) is 24.1 Å². The summed E-state index contributed by atoms with van der Waals surface area (Å²) in [5.41, 5.74) is 8.87. The lowest BCUT2D eigenvalue weighted by Gasteiger charge is -2.36. The van der Waals surface area contributed by atoms with E-state index in [-0.39, 0.29) is 16.7 Å². The Balaban J connectivity index is 0.954. The van der Waals surface area contributed by atoms with Gasteiger partial charge in [0, 0.05) is 57.9 Å². The van der Waals surface area contributed by atoms with E-state index in [0.717, 1.165) is 24.6 Å². The fourth-order valence-electron chi connectivity index (χ4n) is 5.76. The van der Waals surface area contributed by atoms with Crippen LogP contribution in [0.1, 0.15) is 10.4 Å². The number of carbonyl (C=O) groups is 1. The van der Waals surface area contributed by atoms with Crippen LogP contribution in [-0.2, 0) is 11.3 Å². The number of thiazole rings is 1. The number of nitrogen functional groups attached to an aromatic ring is 1. The second-order valence-electron chi connectivity index (χ2n) is 11.4. The summed E-state index contributed by atoms with van der Waals surface area (Å²) in [6, 6.07) is 10.5. The van der Waals surface area contributed by atoms with Gasteiger partial charge in [0.25, 0.3) is 5.91 Å². The number of benzene rings is 1. The molecule has 0 saturated carbocycles. The Morgan fingerprint density at radius 3 is 2.71 bits per heavy atom.